The van der Waals surface area contributed by atoms with Crippen molar-refractivity contribution in [1.82, 2.24) is 0 Å². The van der Waals surface area contributed by atoms with Gasteiger partial charge in [0.25, 0.3) is 5.92 Å². The summed E-state index contributed by atoms with van der Waals surface area (Å²) < 4.78 is 271. The first-order chi connectivity index (χ1) is 26.5. The zero-order valence-corrected chi connectivity index (χ0v) is 29.3. The second-order valence-corrected chi connectivity index (χ2v) is 9.97. The molecule has 0 aromatic rings. The van der Waals surface area contributed by atoms with E-state index in [0.717, 1.165) is 13.5 Å². The van der Waals surface area contributed by atoms with E-state index < -0.39 is 82.7 Å². The van der Waals surface area contributed by atoms with E-state index in [9.17, 15) is 88.1 Å². The molecule has 3 atom stereocenters. The van der Waals surface area contributed by atoms with E-state index in [1.54, 1.807) is 0 Å². The molecule has 2 aliphatic heterocycles. The van der Waals surface area contributed by atoms with Crippen molar-refractivity contribution < 1.29 is 150 Å². The zero-order valence-electron chi connectivity index (χ0n) is 29.3. The number of aliphatic hydroxyl groups excluding tert-OH is 1. The number of methoxy groups -OCH3 is 1. The second-order valence-electron chi connectivity index (χ2n) is 9.97. The highest BCUT2D eigenvalue weighted by atomic mass is 19.4. The van der Waals surface area contributed by atoms with E-state index in [4.69, 9.17) is 19.3 Å². The highest BCUT2D eigenvalue weighted by molar-refractivity contribution is 4.69. The molecule has 0 saturated carbocycles. The maximum absolute atomic E-state index is 12.0. The maximum atomic E-state index is 12.0. The molecular formula is C33H68F20O13. The van der Waals surface area contributed by atoms with Gasteiger partial charge in [0.15, 0.2) is 13.7 Å². The van der Waals surface area contributed by atoms with Gasteiger partial charge in [-0.1, -0.05) is 59.4 Å². The van der Waals surface area contributed by atoms with Crippen LogP contribution in [0.4, 0.5) is 88.1 Å². The van der Waals surface area contributed by atoms with Gasteiger partial charge in [0.05, 0.1) is 52.9 Å². The number of hydrogen-bond acceptors (Lipinski definition) is 13. The number of halogens is 20. The van der Waals surface area contributed by atoms with Crippen molar-refractivity contribution in [3.63, 3.8) is 0 Å². The van der Waals surface area contributed by atoms with Crippen LogP contribution in [0.3, 0.4) is 0 Å². The number of aliphatic hydroxyl groups is 1. The van der Waals surface area contributed by atoms with E-state index in [-0.39, 0.29) is 105 Å². The Balaban J connectivity index is -0.0000000625. The standard InChI is InChI=1S/C6H12F2O3.C6H10F2O2.C5H9FO2.C4H2F8O3.C4H3F7O3.8CH4/c7-1-2-10-3-6(9)4-11-5-8;1-6(7,8)4-9-2-5-3-10-5;6-1-2-7-3-5-4-8-5;5-1-13-4(10,11)14-2(6,7)3(8,9)15-12;1-12-4(9,10)13-2(5,6)3(7,8)14-11;;;;;;;;/h6,9H,1-5H2;5H,2-4H2,1H3;5H,1-4H2;1H2;1H3;8*1H4. The SMILES string of the molecule is C.C.C.C.C.C.C.C.CC(F)(F)COCC1CO1.COC(F)(F)OC(F)(F)C(F)(F)OF.FCCOCC1CO1.FCOC(F)(F)OC(F)(F)C(F)(F)OF.OC(COCF)COCCF. The average Bonchev–Trinajstić information content (AvgIpc) is 4.04. The molecule has 2 saturated heterocycles. The topological polar surface area (TPSA) is 138 Å². The maximum Gasteiger partial charge on any atom is 0.492 e. The lowest BCUT2D eigenvalue weighted by molar-refractivity contribution is -0.548. The van der Waals surface area contributed by atoms with E-state index in [0.29, 0.717) is 19.8 Å². The van der Waals surface area contributed by atoms with Crippen LogP contribution < -0.4 is 0 Å². The fourth-order valence-electron chi connectivity index (χ4n) is 2.11. The van der Waals surface area contributed by atoms with E-state index in [2.05, 4.69) is 33.2 Å². The van der Waals surface area contributed by atoms with Crippen LogP contribution in [0.15, 0.2) is 0 Å². The molecule has 0 aliphatic carbocycles. The average molecular weight is 1050 g/mol. The molecule has 0 aromatic heterocycles. The van der Waals surface area contributed by atoms with Crippen molar-refractivity contribution in [3.05, 3.63) is 0 Å². The monoisotopic (exact) mass is 1050 g/mol. The molecule has 33 heteroatoms. The quantitative estimate of drug-likeness (QED) is 0.0381. The van der Waals surface area contributed by atoms with Gasteiger partial charge in [-0.15, -0.1) is 27.4 Å². The van der Waals surface area contributed by atoms with Gasteiger partial charge >= 0.3 is 37.0 Å². The molecule has 2 fully saturated rings. The molecule has 3 unspecified atom stereocenters. The summed E-state index contributed by atoms with van der Waals surface area (Å²) in [7, 11) is 0.213. The second kappa shape index (κ2) is 44.3. The summed E-state index contributed by atoms with van der Waals surface area (Å²) >= 11 is 0. The Hall–Kier alpha value is -1.92. The van der Waals surface area contributed by atoms with E-state index in [1.807, 2.05) is 0 Å². The lowest BCUT2D eigenvalue weighted by atomic mass is 10.4. The molecule has 1 N–H and O–H groups in total. The summed E-state index contributed by atoms with van der Waals surface area (Å²) in [6.07, 6.45) is -34.6. The molecule has 0 bridgehead atoms. The molecule has 0 aromatic carbocycles. The van der Waals surface area contributed by atoms with E-state index in [1.165, 1.54) is 9.88 Å². The predicted molar refractivity (Wildman–Crippen MR) is 197 cm³/mol. The molecule has 2 heterocycles. The van der Waals surface area contributed by atoms with Crippen LogP contribution in [0.5, 0.6) is 0 Å². The molecule has 418 valence electrons. The summed E-state index contributed by atoms with van der Waals surface area (Å²) in [6, 6.07) is 0. The largest absolute Gasteiger partial charge is 0.492 e. The molecule has 66 heavy (non-hydrogen) atoms. The number of alkyl halides is 18. The molecule has 0 spiro atoms. The fraction of sp³-hybridized carbons (Fsp3) is 1.00. The summed E-state index contributed by atoms with van der Waals surface area (Å²) in [5, 5.41) is 8.87. The van der Waals surface area contributed by atoms with Gasteiger partial charge < -0.3 is 33.5 Å². The molecule has 0 amide bonds. The van der Waals surface area contributed by atoms with Gasteiger partial charge in [-0.25, -0.2) is 35.8 Å². The summed E-state index contributed by atoms with van der Waals surface area (Å²) in [4.78, 5) is 2.93. The summed E-state index contributed by atoms with van der Waals surface area (Å²) in [5.74, 6) is -2.71. The predicted octanol–water partition coefficient (Wildman–Crippen LogP) is 11.7. The number of ether oxygens (including phenoxy) is 10. The summed E-state index contributed by atoms with van der Waals surface area (Å²) in [5.41, 5.74) is 0. The lowest BCUT2D eigenvalue weighted by Crippen LogP contribution is -2.48. The van der Waals surface area contributed by atoms with Gasteiger partial charge in [-0.2, -0.15) is 35.1 Å². The van der Waals surface area contributed by atoms with Crippen molar-refractivity contribution >= 4 is 0 Å². The Labute approximate surface area is 372 Å². The number of hydrogen-bond donors (Lipinski definition) is 1. The molecule has 2 aliphatic rings. The van der Waals surface area contributed by atoms with Gasteiger partial charge in [0.1, 0.15) is 38.3 Å². The first-order valence-corrected chi connectivity index (χ1v) is 14.8. The number of rotatable bonds is 26. The minimum atomic E-state index is -6.04. The van der Waals surface area contributed by atoms with Crippen LogP contribution >= 0.6 is 0 Å². The Morgan fingerprint density at radius 3 is 1.18 bits per heavy atom. The fourth-order valence-corrected chi connectivity index (χ4v) is 2.11. The van der Waals surface area contributed by atoms with Crippen LogP contribution in [0.1, 0.15) is 66.3 Å². The Morgan fingerprint density at radius 2 is 0.879 bits per heavy atom. The Kier molecular flexibility index (Phi) is 60.7. The van der Waals surface area contributed by atoms with Gasteiger partial charge in [0.2, 0.25) is 0 Å². The van der Waals surface area contributed by atoms with Gasteiger partial charge in [-0.05, 0) is 9.05 Å². The van der Waals surface area contributed by atoms with Crippen molar-refractivity contribution in [2.24, 2.45) is 0 Å². The third-order valence-corrected chi connectivity index (χ3v) is 4.73. The van der Waals surface area contributed by atoms with Crippen LogP contribution in [0, 0.1) is 0 Å². The minimum Gasteiger partial charge on any atom is -0.388 e. The van der Waals surface area contributed by atoms with Crippen LogP contribution in [-0.2, 0) is 57.3 Å². The smallest absolute Gasteiger partial charge is 0.388 e. The van der Waals surface area contributed by atoms with E-state index >= 15 is 0 Å². The molecule has 0 radical (unpaired) electrons. The molecular weight excluding hydrogens is 984 g/mol. The van der Waals surface area contributed by atoms with Crippen molar-refractivity contribution in [3.8, 4) is 0 Å². The Bertz CT molecular complexity index is 1010. The third kappa shape index (κ3) is 50.0. The number of epoxide rings is 2. The first kappa shape index (κ1) is 90.5. The molecule has 2 rings (SSSR count). The minimum absolute atomic E-state index is 0. The lowest BCUT2D eigenvalue weighted by Gasteiger charge is -2.25. The third-order valence-electron chi connectivity index (χ3n) is 4.73. The highest BCUT2D eigenvalue weighted by Gasteiger charge is 2.67. The normalized spacial score (nSPS) is 15.5. The van der Waals surface area contributed by atoms with Crippen LogP contribution in [0.25, 0.3) is 0 Å². The zero-order chi connectivity index (χ0) is 45.9. The highest BCUT2D eigenvalue weighted by Crippen LogP contribution is 2.41. The van der Waals surface area contributed by atoms with Crippen molar-refractivity contribution in [2.45, 2.75) is 128 Å². The van der Waals surface area contributed by atoms with Crippen LogP contribution in [-0.4, -0.2) is 160 Å². The van der Waals surface area contributed by atoms with Crippen molar-refractivity contribution in [1.29, 1.82) is 0 Å². The first-order valence-electron chi connectivity index (χ1n) is 14.8. The summed E-state index contributed by atoms with van der Waals surface area (Å²) in [6.45, 7) is -1.57. The van der Waals surface area contributed by atoms with Gasteiger partial charge in [-0.3, -0.25) is 9.47 Å². The molecule has 13 nitrogen and oxygen atoms in total. The van der Waals surface area contributed by atoms with Gasteiger partial charge in [0, 0.05) is 14.0 Å². The Morgan fingerprint density at radius 1 is 0.530 bits per heavy atom. The van der Waals surface area contributed by atoms with Crippen LogP contribution in [0.2, 0.25) is 0 Å². The van der Waals surface area contributed by atoms with Crippen molar-refractivity contribution in [2.75, 3.05) is 93.6 Å².